The first-order valence-electron chi connectivity index (χ1n) is 8.29. The SMILES string of the molecule is C#N.COC(CO)CCc1ccc2c(N)ncnn12.O=C(O)CCCC(=O)O. The first-order chi connectivity index (χ1) is 13.4. The number of aromatic nitrogens is 3. The van der Waals surface area contributed by atoms with Crippen molar-refractivity contribution in [2.24, 2.45) is 0 Å². The van der Waals surface area contributed by atoms with Crippen molar-refractivity contribution in [3.8, 4) is 6.57 Å². The lowest BCUT2D eigenvalue weighted by Crippen LogP contribution is -2.16. The van der Waals surface area contributed by atoms with E-state index in [1.807, 2.05) is 12.1 Å². The third-order valence-corrected chi connectivity index (χ3v) is 3.60. The molecule has 0 aromatic carbocycles. The highest BCUT2D eigenvalue weighted by atomic mass is 16.5. The molecule has 1 atom stereocenters. The summed E-state index contributed by atoms with van der Waals surface area (Å²) < 4.78 is 6.89. The van der Waals surface area contributed by atoms with Gasteiger partial charge in [-0.2, -0.15) is 5.10 Å². The van der Waals surface area contributed by atoms with Gasteiger partial charge in [0.1, 0.15) is 11.8 Å². The molecule has 0 aliphatic heterocycles. The van der Waals surface area contributed by atoms with Crippen molar-refractivity contribution >= 4 is 23.3 Å². The molecule has 28 heavy (non-hydrogen) atoms. The lowest BCUT2D eigenvalue weighted by Gasteiger charge is -2.11. The number of hydrogen-bond acceptors (Lipinski definition) is 8. The molecule has 0 saturated carbocycles. The van der Waals surface area contributed by atoms with Gasteiger partial charge in [0.05, 0.1) is 12.7 Å². The average molecular weight is 395 g/mol. The van der Waals surface area contributed by atoms with E-state index in [4.69, 9.17) is 31.1 Å². The first-order valence-corrected chi connectivity index (χ1v) is 8.29. The van der Waals surface area contributed by atoms with E-state index in [2.05, 4.69) is 16.7 Å². The number of anilines is 1. The summed E-state index contributed by atoms with van der Waals surface area (Å²) in [6.45, 7) is 3.52. The van der Waals surface area contributed by atoms with Gasteiger partial charge in [0, 0.05) is 32.2 Å². The van der Waals surface area contributed by atoms with Gasteiger partial charge in [-0.1, -0.05) is 0 Å². The van der Waals surface area contributed by atoms with Crippen molar-refractivity contribution in [3.63, 3.8) is 0 Å². The number of nitrogens with zero attached hydrogens (tertiary/aromatic N) is 4. The van der Waals surface area contributed by atoms with E-state index in [1.54, 1.807) is 11.6 Å². The fourth-order valence-electron chi connectivity index (χ4n) is 2.18. The molecular weight excluding hydrogens is 370 g/mol. The van der Waals surface area contributed by atoms with Gasteiger partial charge in [-0.3, -0.25) is 9.59 Å². The molecule has 2 aromatic heterocycles. The summed E-state index contributed by atoms with van der Waals surface area (Å²) in [6.07, 6.45) is 2.89. The van der Waals surface area contributed by atoms with Crippen LogP contribution < -0.4 is 5.73 Å². The van der Waals surface area contributed by atoms with Crippen LogP contribution in [-0.2, 0) is 20.7 Å². The van der Waals surface area contributed by atoms with Gasteiger partial charge >= 0.3 is 11.9 Å². The molecule has 0 spiro atoms. The number of aryl methyl sites for hydroxylation is 1. The van der Waals surface area contributed by atoms with Crippen molar-refractivity contribution in [2.45, 2.75) is 38.2 Å². The third kappa shape index (κ3) is 8.93. The topological polar surface area (TPSA) is 184 Å². The van der Waals surface area contributed by atoms with Crippen molar-refractivity contribution < 1.29 is 29.6 Å². The molecule has 0 saturated heterocycles. The van der Waals surface area contributed by atoms with Crippen molar-refractivity contribution in [1.82, 2.24) is 14.6 Å². The van der Waals surface area contributed by atoms with Crippen LogP contribution in [0.2, 0.25) is 0 Å². The number of fused-ring (bicyclic) bond motifs is 1. The molecule has 0 aliphatic carbocycles. The zero-order valence-electron chi connectivity index (χ0n) is 15.6. The summed E-state index contributed by atoms with van der Waals surface area (Å²) in [5.41, 5.74) is 7.58. The fourth-order valence-corrected chi connectivity index (χ4v) is 2.18. The summed E-state index contributed by atoms with van der Waals surface area (Å²) in [5, 5.41) is 35.8. The lowest BCUT2D eigenvalue weighted by molar-refractivity contribution is -0.138. The highest BCUT2D eigenvalue weighted by Gasteiger charge is 2.10. The lowest BCUT2D eigenvalue weighted by atomic mass is 10.1. The number of carbonyl (C=O) groups is 2. The smallest absolute Gasteiger partial charge is 0.303 e. The van der Waals surface area contributed by atoms with Crippen LogP contribution in [0.1, 0.15) is 31.4 Å². The quantitative estimate of drug-likeness (QED) is 0.471. The molecular formula is C17H25N5O6. The number of nitriles is 1. The molecule has 154 valence electrons. The number of nitrogens with two attached hydrogens (primary N) is 1. The van der Waals surface area contributed by atoms with Crippen LogP contribution in [0.3, 0.4) is 0 Å². The normalized spacial score (nSPS) is 10.9. The number of rotatable bonds is 9. The highest BCUT2D eigenvalue weighted by molar-refractivity contribution is 5.69. The molecule has 2 heterocycles. The van der Waals surface area contributed by atoms with Gasteiger partial charge in [0.2, 0.25) is 0 Å². The zero-order valence-corrected chi connectivity index (χ0v) is 15.6. The van der Waals surface area contributed by atoms with Crippen LogP contribution in [0, 0.1) is 11.8 Å². The maximum Gasteiger partial charge on any atom is 0.303 e. The second-order valence-electron chi connectivity index (χ2n) is 5.49. The number of carboxylic acids is 2. The standard InChI is InChI=1S/C11H16N4O2.C5H8O4.CHN/c1-17-9(6-16)4-2-8-3-5-10-11(12)13-7-14-15(8)10;6-4(7)2-1-3-5(8)9;1-2/h3,5,7,9,16H,2,4,6H2,1H3,(H2,12,13,14);1-3H2,(H,6,7)(H,8,9);1H. The predicted molar refractivity (Wildman–Crippen MR) is 99.4 cm³/mol. The minimum atomic E-state index is -0.948. The van der Waals surface area contributed by atoms with Gasteiger partial charge in [0.15, 0.2) is 5.82 Å². The van der Waals surface area contributed by atoms with Gasteiger partial charge < -0.3 is 25.8 Å². The number of aliphatic hydroxyl groups excluding tert-OH is 1. The number of ether oxygens (including phenoxy) is 1. The number of methoxy groups -OCH3 is 1. The summed E-state index contributed by atoms with van der Waals surface area (Å²) in [6, 6.07) is 3.86. The van der Waals surface area contributed by atoms with E-state index in [9.17, 15) is 9.59 Å². The summed E-state index contributed by atoms with van der Waals surface area (Å²) in [7, 11) is 1.59. The maximum absolute atomic E-state index is 9.79. The highest BCUT2D eigenvalue weighted by Crippen LogP contribution is 2.15. The van der Waals surface area contributed by atoms with Gasteiger partial charge in [-0.05, 0) is 31.4 Å². The summed E-state index contributed by atoms with van der Waals surface area (Å²) in [5.74, 6) is -1.43. The minimum absolute atomic E-state index is 0.0247. The van der Waals surface area contributed by atoms with Crippen LogP contribution in [0.25, 0.3) is 5.52 Å². The number of hydrogen-bond donors (Lipinski definition) is 4. The Morgan fingerprint density at radius 2 is 1.89 bits per heavy atom. The fraction of sp³-hybridized carbons (Fsp3) is 0.471. The van der Waals surface area contributed by atoms with Crippen LogP contribution in [0.4, 0.5) is 5.82 Å². The second kappa shape index (κ2) is 13.9. The average Bonchev–Trinajstić information content (AvgIpc) is 3.09. The summed E-state index contributed by atoms with van der Waals surface area (Å²) >= 11 is 0. The zero-order chi connectivity index (χ0) is 21.5. The first kappa shape index (κ1) is 24.8. The third-order valence-electron chi connectivity index (χ3n) is 3.60. The van der Waals surface area contributed by atoms with Crippen molar-refractivity contribution in [2.75, 3.05) is 19.5 Å². The Labute approximate surface area is 162 Å². The van der Waals surface area contributed by atoms with Gasteiger partial charge in [-0.25, -0.2) is 14.8 Å². The molecule has 0 amide bonds. The number of aliphatic carboxylic acids is 2. The Morgan fingerprint density at radius 3 is 2.39 bits per heavy atom. The minimum Gasteiger partial charge on any atom is -0.481 e. The molecule has 2 rings (SSSR count). The Morgan fingerprint density at radius 1 is 1.29 bits per heavy atom. The van der Waals surface area contributed by atoms with Crippen LogP contribution in [0.5, 0.6) is 0 Å². The van der Waals surface area contributed by atoms with E-state index >= 15 is 0 Å². The molecule has 0 aliphatic rings. The van der Waals surface area contributed by atoms with Gasteiger partial charge in [-0.15, -0.1) is 0 Å². The molecule has 0 bridgehead atoms. The Kier molecular flexibility index (Phi) is 12.3. The molecule has 2 aromatic rings. The Bertz CT molecular complexity index is 743. The largest absolute Gasteiger partial charge is 0.481 e. The Hall–Kier alpha value is -3.23. The van der Waals surface area contributed by atoms with Crippen LogP contribution in [0.15, 0.2) is 18.5 Å². The summed E-state index contributed by atoms with van der Waals surface area (Å²) in [4.78, 5) is 23.5. The van der Waals surface area contributed by atoms with Crippen molar-refractivity contribution in [3.05, 3.63) is 24.2 Å². The molecule has 0 radical (unpaired) electrons. The molecule has 11 nitrogen and oxygen atoms in total. The monoisotopic (exact) mass is 395 g/mol. The van der Waals surface area contributed by atoms with Crippen LogP contribution >= 0.6 is 0 Å². The number of nitrogen functional groups attached to an aromatic ring is 1. The van der Waals surface area contributed by atoms with E-state index in [0.29, 0.717) is 5.82 Å². The number of aliphatic hydroxyl groups is 1. The number of carboxylic acid groups (broad SMARTS) is 2. The molecule has 11 heteroatoms. The molecule has 0 fully saturated rings. The molecule has 1 unspecified atom stereocenters. The van der Waals surface area contributed by atoms with E-state index in [1.165, 1.54) is 6.33 Å². The predicted octanol–water partition coefficient (Wildman–Crippen LogP) is 0.717. The maximum atomic E-state index is 9.79. The van der Waals surface area contributed by atoms with Crippen LogP contribution in [-0.4, -0.2) is 61.7 Å². The van der Waals surface area contributed by atoms with Gasteiger partial charge in [0.25, 0.3) is 0 Å². The van der Waals surface area contributed by atoms with Crippen molar-refractivity contribution in [1.29, 1.82) is 5.26 Å². The Balaban J connectivity index is 0.000000566. The second-order valence-corrected chi connectivity index (χ2v) is 5.49. The van der Waals surface area contributed by atoms with E-state index in [-0.39, 0.29) is 32.0 Å². The van der Waals surface area contributed by atoms with E-state index in [0.717, 1.165) is 24.1 Å². The molecule has 5 N–H and O–H groups in total. The van der Waals surface area contributed by atoms with E-state index < -0.39 is 11.9 Å².